The van der Waals surface area contributed by atoms with Crippen LogP contribution < -0.4 is 10.6 Å². The fourth-order valence-corrected chi connectivity index (χ4v) is 2.49. The number of hydrogen-bond acceptors (Lipinski definition) is 5. The van der Waals surface area contributed by atoms with Crippen molar-refractivity contribution in [3.05, 3.63) is 64.4 Å². The lowest BCUT2D eigenvalue weighted by Crippen LogP contribution is -2.29. The zero-order chi connectivity index (χ0) is 17.6. The molecule has 7 nitrogen and oxygen atoms in total. The van der Waals surface area contributed by atoms with Gasteiger partial charge in [-0.2, -0.15) is 4.68 Å². The molecule has 0 aliphatic rings. The van der Waals surface area contributed by atoms with Crippen LogP contribution in [-0.4, -0.2) is 39.2 Å². The lowest BCUT2D eigenvalue weighted by atomic mass is 10.2. The Morgan fingerprint density at radius 3 is 2.72 bits per heavy atom. The highest BCUT2D eigenvalue weighted by Crippen LogP contribution is 2.15. The number of benzene rings is 2. The Kier molecular flexibility index (Phi) is 5.34. The lowest BCUT2D eigenvalue weighted by Gasteiger charge is -2.09. The number of tetrazole rings is 1. The van der Waals surface area contributed by atoms with E-state index in [0.29, 0.717) is 17.0 Å². The second kappa shape index (κ2) is 7.84. The molecule has 25 heavy (non-hydrogen) atoms. The summed E-state index contributed by atoms with van der Waals surface area (Å²) in [6.45, 7) is 0.674. The SMILES string of the molecule is O=C(NCCNc1nnnn1-c1ccccc1)c1ccc(Br)cc1F. The van der Waals surface area contributed by atoms with Crippen molar-refractivity contribution in [2.75, 3.05) is 18.4 Å². The number of nitrogens with zero attached hydrogens (tertiary/aromatic N) is 4. The molecule has 2 N–H and O–H groups in total. The van der Waals surface area contributed by atoms with E-state index >= 15 is 0 Å². The molecule has 0 saturated heterocycles. The Bertz CT molecular complexity index is 870. The van der Waals surface area contributed by atoms with E-state index in [4.69, 9.17) is 0 Å². The summed E-state index contributed by atoms with van der Waals surface area (Å²) in [5, 5.41) is 17.1. The number of halogens is 2. The van der Waals surface area contributed by atoms with Crippen LogP contribution in [0.3, 0.4) is 0 Å². The van der Waals surface area contributed by atoms with Crippen LogP contribution in [0.2, 0.25) is 0 Å². The highest BCUT2D eigenvalue weighted by Gasteiger charge is 2.12. The summed E-state index contributed by atoms with van der Waals surface area (Å²) in [5.74, 6) is -0.599. The predicted molar refractivity (Wildman–Crippen MR) is 94.1 cm³/mol. The Labute approximate surface area is 151 Å². The predicted octanol–water partition coefficient (Wildman–Crippen LogP) is 2.41. The average Bonchev–Trinajstić information content (AvgIpc) is 3.08. The molecular weight excluding hydrogens is 391 g/mol. The molecule has 9 heteroatoms. The molecule has 0 unspecified atom stereocenters. The minimum absolute atomic E-state index is 0.00248. The molecule has 0 fully saturated rings. The lowest BCUT2D eigenvalue weighted by molar-refractivity contribution is 0.0951. The molecule has 3 aromatic rings. The third kappa shape index (κ3) is 4.18. The summed E-state index contributed by atoms with van der Waals surface area (Å²) in [4.78, 5) is 12.0. The minimum Gasteiger partial charge on any atom is -0.351 e. The number of para-hydroxylation sites is 1. The van der Waals surface area contributed by atoms with Gasteiger partial charge in [-0.1, -0.05) is 39.2 Å². The normalized spacial score (nSPS) is 10.5. The zero-order valence-electron chi connectivity index (χ0n) is 13.0. The van der Waals surface area contributed by atoms with Gasteiger partial charge in [0.05, 0.1) is 11.3 Å². The van der Waals surface area contributed by atoms with Gasteiger partial charge in [-0.05, 0) is 40.8 Å². The molecule has 0 bridgehead atoms. The Morgan fingerprint density at radius 2 is 1.96 bits per heavy atom. The summed E-state index contributed by atoms with van der Waals surface area (Å²) in [6.07, 6.45) is 0. The van der Waals surface area contributed by atoms with Crippen molar-refractivity contribution in [2.24, 2.45) is 0 Å². The maximum atomic E-state index is 13.7. The highest BCUT2D eigenvalue weighted by atomic mass is 79.9. The zero-order valence-corrected chi connectivity index (χ0v) is 14.6. The van der Waals surface area contributed by atoms with Crippen molar-refractivity contribution in [3.8, 4) is 5.69 Å². The Balaban J connectivity index is 1.54. The maximum absolute atomic E-state index is 13.7. The van der Waals surface area contributed by atoms with Gasteiger partial charge in [0, 0.05) is 17.6 Å². The number of carbonyl (C=O) groups excluding carboxylic acids is 1. The van der Waals surface area contributed by atoms with Crippen LogP contribution in [-0.2, 0) is 0 Å². The van der Waals surface area contributed by atoms with Crippen LogP contribution in [0.25, 0.3) is 5.69 Å². The van der Waals surface area contributed by atoms with Crippen molar-refractivity contribution in [2.45, 2.75) is 0 Å². The fraction of sp³-hybridized carbons (Fsp3) is 0.125. The van der Waals surface area contributed by atoms with E-state index in [-0.39, 0.29) is 12.1 Å². The highest BCUT2D eigenvalue weighted by molar-refractivity contribution is 9.10. The quantitative estimate of drug-likeness (QED) is 0.616. The number of anilines is 1. The first-order valence-electron chi connectivity index (χ1n) is 7.46. The van der Waals surface area contributed by atoms with Crippen molar-refractivity contribution in [1.82, 2.24) is 25.5 Å². The molecule has 0 aliphatic heterocycles. The van der Waals surface area contributed by atoms with Crippen LogP contribution in [0.1, 0.15) is 10.4 Å². The van der Waals surface area contributed by atoms with Crippen LogP contribution in [0.5, 0.6) is 0 Å². The van der Waals surface area contributed by atoms with Gasteiger partial charge < -0.3 is 10.6 Å². The van der Waals surface area contributed by atoms with Crippen LogP contribution in [0.15, 0.2) is 53.0 Å². The summed E-state index contributed by atoms with van der Waals surface area (Å²) >= 11 is 3.15. The Morgan fingerprint density at radius 1 is 1.16 bits per heavy atom. The van der Waals surface area contributed by atoms with Crippen molar-refractivity contribution in [3.63, 3.8) is 0 Å². The van der Waals surface area contributed by atoms with E-state index in [1.165, 1.54) is 12.1 Å². The third-order valence-corrected chi connectivity index (χ3v) is 3.83. The van der Waals surface area contributed by atoms with E-state index in [2.05, 4.69) is 42.1 Å². The first kappa shape index (κ1) is 17.0. The average molecular weight is 405 g/mol. The van der Waals surface area contributed by atoms with Gasteiger partial charge in [0.15, 0.2) is 0 Å². The van der Waals surface area contributed by atoms with Crippen molar-refractivity contribution < 1.29 is 9.18 Å². The number of aromatic nitrogens is 4. The molecular formula is C16H14BrFN6O. The number of hydrogen-bond donors (Lipinski definition) is 2. The maximum Gasteiger partial charge on any atom is 0.254 e. The van der Waals surface area contributed by atoms with Gasteiger partial charge >= 0.3 is 0 Å². The molecule has 0 spiro atoms. The van der Waals surface area contributed by atoms with Gasteiger partial charge in [-0.15, -0.1) is 0 Å². The Hall–Kier alpha value is -2.81. The molecule has 1 amide bonds. The molecule has 0 saturated carbocycles. The molecule has 128 valence electrons. The van der Waals surface area contributed by atoms with Crippen LogP contribution in [0.4, 0.5) is 10.3 Å². The summed E-state index contributed by atoms with van der Waals surface area (Å²) in [5.41, 5.74) is 0.813. The van der Waals surface area contributed by atoms with E-state index in [0.717, 1.165) is 5.69 Å². The van der Waals surface area contributed by atoms with Gasteiger partial charge in [-0.25, -0.2) is 4.39 Å². The summed E-state index contributed by atoms with van der Waals surface area (Å²) in [6, 6.07) is 13.7. The number of rotatable bonds is 6. The molecule has 0 aliphatic carbocycles. The molecule has 3 rings (SSSR count). The van der Waals surface area contributed by atoms with Crippen molar-refractivity contribution >= 4 is 27.8 Å². The molecule has 0 atom stereocenters. The largest absolute Gasteiger partial charge is 0.351 e. The molecule has 1 heterocycles. The van der Waals surface area contributed by atoms with Crippen molar-refractivity contribution in [1.29, 1.82) is 0 Å². The second-order valence-electron chi connectivity index (χ2n) is 5.06. The van der Waals surface area contributed by atoms with E-state index < -0.39 is 11.7 Å². The summed E-state index contributed by atoms with van der Waals surface area (Å²) < 4.78 is 15.9. The van der Waals surface area contributed by atoms with Gasteiger partial charge in [-0.3, -0.25) is 4.79 Å². The second-order valence-corrected chi connectivity index (χ2v) is 5.97. The number of nitrogens with one attached hydrogen (secondary N) is 2. The number of carbonyl (C=O) groups is 1. The molecule has 2 aromatic carbocycles. The van der Waals surface area contributed by atoms with E-state index in [1.54, 1.807) is 10.7 Å². The smallest absolute Gasteiger partial charge is 0.254 e. The van der Waals surface area contributed by atoms with Crippen LogP contribution >= 0.6 is 15.9 Å². The van der Waals surface area contributed by atoms with E-state index in [1.807, 2.05) is 30.3 Å². The molecule has 0 radical (unpaired) electrons. The standard InChI is InChI=1S/C16H14BrFN6O/c17-11-6-7-13(14(18)10-11)15(25)19-8-9-20-16-21-22-23-24(16)12-4-2-1-3-5-12/h1-7,10H,8-9H2,(H,19,25)(H,20,21,23). The minimum atomic E-state index is -0.576. The summed E-state index contributed by atoms with van der Waals surface area (Å²) in [7, 11) is 0. The first-order valence-corrected chi connectivity index (χ1v) is 8.25. The van der Waals surface area contributed by atoms with Gasteiger partial charge in [0.1, 0.15) is 5.82 Å². The first-order chi connectivity index (χ1) is 12.1. The van der Waals surface area contributed by atoms with Gasteiger partial charge in [0.25, 0.3) is 5.91 Å². The monoisotopic (exact) mass is 404 g/mol. The third-order valence-electron chi connectivity index (χ3n) is 3.34. The van der Waals surface area contributed by atoms with Crippen LogP contribution in [0, 0.1) is 5.82 Å². The topological polar surface area (TPSA) is 84.7 Å². The fourth-order valence-electron chi connectivity index (χ4n) is 2.16. The van der Waals surface area contributed by atoms with E-state index in [9.17, 15) is 9.18 Å². The number of amides is 1. The van der Waals surface area contributed by atoms with Gasteiger partial charge in [0.2, 0.25) is 5.95 Å². The molecule has 1 aromatic heterocycles.